The maximum Gasteiger partial charge on any atom is 0.279 e. The van der Waals surface area contributed by atoms with Crippen molar-refractivity contribution in [3.05, 3.63) is 0 Å². The molecule has 0 aromatic heterocycles. The van der Waals surface area contributed by atoms with Crippen molar-refractivity contribution in [1.29, 1.82) is 0 Å². The standard InChI is InChI=1S/C17H28N2O4/c1-22-17(23-2)16(21)19-7-5-18(6-8-19)15(20)11-14-10-12-3-4-13(14)9-12/h12-14,17H,3-11H2,1-2H3. The van der Waals surface area contributed by atoms with Gasteiger partial charge in [-0.25, -0.2) is 0 Å². The molecule has 23 heavy (non-hydrogen) atoms. The highest BCUT2D eigenvalue weighted by atomic mass is 16.7. The average Bonchev–Trinajstić information content (AvgIpc) is 3.19. The summed E-state index contributed by atoms with van der Waals surface area (Å²) in [6.45, 7) is 2.35. The van der Waals surface area contributed by atoms with E-state index >= 15 is 0 Å². The fourth-order valence-corrected chi connectivity index (χ4v) is 4.60. The van der Waals surface area contributed by atoms with E-state index in [4.69, 9.17) is 9.47 Å². The molecule has 0 spiro atoms. The number of carbonyl (C=O) groups is 2. The molecule has 3 fully saturated rings. The Hall–Kier alpha value is -1.14. The Bertz CT molecular complexity index is 444. The fourth-order valence-electron chi connectivity index (χ4n) is 4.60. The second-order valence-corrected chi connectivity index (χ2v) is 7.15. The first-order valence-corrected chi connectivity index (χ1v) is 8.74. The minimum atomic E-state index is -0.841. The van der Waals surface area contributed by atoms with Gasteiger partial charge in [-0.1, -0.05) is 6.42 Å². The molecule has 0 aromatic carbocycles. The fraction of sp³-hybridized carbons (Fsp3) is 0.882. The molecule has 3 aliphatic rings. The minimum Gasteiger partial charge on any atom is -0.348 e. The van der Waals surface area contributed by atoms with Gasteiger partial charge in [-0.3, -0.25) is 9.59 Å². The molecule has 6 heteroatoms. The summed E-state index contributed by atoms with van der Waals surface area (Å²) in [7, 11) is 2.92. The van der Waals surface area contributed by atoms with E-state index in [0.29, 0.717) is 38.5 Å². The predicted octanol–water partition coefficient (Wildman–Crippen LogP) is 1.10. The van der Waals surface area contributed by atoms with Gasteiger partial charge < -0.3 is 19.3 Å². The maximum atomic E-state index is 12.5. The summed E-state index contributed by atoms with van der Waals surface area (Å²) in [6, 6.07) is 0. The maximum absolute atomic E-state index is 12.5. The number of fused-ring (bicyclic) bond motifs is 2. The quantitative estimate of drug-likeness (QED) is 0.711. The lowest BCUT2D eigenvalue weighted by molar-refractivity contribution is -0.172. The minimum absolute atomic E-state index is 0.157. The predicted molar refractivity (Wildman–Crippen MR) is 84.5 cm³/mol. The number of ether oxygens (including phenoxy) is 2. The van der Waals surface area contributed by atoms with Gasteiger partial charge in [0.1, 0.15) is 0 Å². The van der Waals surface area contributed by atoms with Crippen LogP contribution in [0, 0.1) is 17.8 Å². The van der Waals surface area contributed by atoms with Gasteiger partial charge in [0.05, 0.1) is 0 Å². The molecule has 1 aliphatic heterocycles. The Kier molecular flexibility index (Phi) is 5.21. The van der Waals surface area contributed by atoms with Gasteiger partial charge >= 0.3 is 0 Å². The highest BCUT2D eigenvalue weighted by molar-refractivity contribution is 5.80. The summed E-state index contributed by atoms with van der Waals surface area (Å²) >= 11 is 0. The van der Waals surface area contributed by atoms with Crippen LogP contribution in [0.15, 0.2) is 0 Å². The van der Waals surface area contributed by atoms with Crippen molar-refractivity contribution in [1.82, 2.24) is 9.80 Å². The summed E-state index contributed by atoms with van der Waals surface area (Å²) in [5.74, 6) is 2.38. The van der Waals surface area contributed by atoms with E-state index in [1.165, 1.54) is 39.9 Å². The van der Waals surface area contributed by atoms with Crippen LogP contribution in [-0.4, -0.2) is 68.3 Å². The van der Waals surface area contributed by atoms with E-state index in [2.05, 4.69) is 0 Å². The highest BCUT2D eigenvalue weighted by Gasteiger charge is 2.41. The molecule has 3 atom stereocenters. The van der Waals surface area contributed by atoms with Gasteiger partial charge in [0, 0.05) is 46.8 Å². The normalized spacial score (nSPS) is 30.3. The lowest BCUT2D eigenvalue weighted by atomic mass is 9.86. The molecule has 130 valence electrons. The zero-order valence-electron chi connectivity index (χ0n) is 14.2. The monoisotopic (exact) mass is 324 g/mol. The van der Waals surface area contributed by atoms with Gasteiger partial charge in [-0.2, -0.15) is 0 Å². The molecule has 1 heterocycles. The van der Waals surface area contributed by atoms with E-state index in [1.54, 1.807) is 4.90 Å². The molecule has 0 aromatic rings. The van der Waals surface area contributed by atoms with Gasteiger partial charge in [-0.15, -0.1) is 0 Å². The summed E-state index contributed by atoms with van der Waals surface area (Å²) < 4.78 is 10.0. The molecule has 2 bridgehead atoms. The number of rotatable bonds is 5. The van der Waals surface area contributed by atoms with Gasteiger partial charge in [0.15, 0.2) is 0 Å². The third-order valence-corrected chi connectivity index (χ3v) is 5.90. The molecule has 6 nitrogen and oxygen atoms in total. The molecule has 3 rings (SSSR count). The number of amides is 2. The number of hydrogen-bond donors (Lipinski definition) is 0. The topological polar surface area (TPSA) is 59.1 Å². The van der Waals surface area contributed by atoms with Crippen LogP contribution in [0.25, 0.3) is 0 Å². The third kappa shape index (κ3) is 3.53. The van der Waals surface area contributed by atoms with Gasteiger partial charge in [0.25, 0.3) is 5.91 Å². The van der Waals surface area contributed by atoms with E-state index in [0.717, 1.165) is 11.8 Å². The van der Waals surface area contributed by atoms with Crippen molar-refractivity contribution in [2.75, 3.05) is 40.4 Å². The Morgan fingerprint density at radius 2 is 1.65 bits per heavy atom. The van der Waals surface area contributed by atoms with E-state index in [-0.39, 0.29) is 11.8 Å². The van der Waals surface area contributed by atoms with E-state index in [1.807, 2.05) is 4.90 Å². The zero-order chi connectivity index (χ0) is 16.4. The first-order chi connectivity index (χ1) is 11.1. The van der Waals surface area contributed by atoms with Crippen molar-refractivity contribution in [3.8, 4) is 0 Å². The molecular weight excluding hydrogens is 296 g/mol. The van der Waals surface area contributed by atoms with Gasteiger partial charge in [0.2, 0.25) is 12.2 Å². The summed E-state index contributed by atoms with van der Waals surface area (Å²) in [4.78, 5) is 28.3. The van der Waals surface area contributed by atoms with Crippen LogP contribution in [0.3, 0.4) is 0 Å². The molecule has 3 unspecified atom stereocenters. The van der Waals surface area contributed by atoms with Crippen LogP contribution in [0.4, 0.5) is 0 Å². The highest BCUT2D eigenvalue weighted by Crippen LogP contribution is 2.49. The smallest absolute Gasteiger partial charge is 0.279 e. The van der Waals surface area contributed by atoms with Crippen LogP contribution in [-0.2, 0) is 19.1 Å². The zero-order valence-corrected chi connectivity index (χ0v) is 14.2. The second-order valence-electron chi connectivity index (χ2n) is 7.15. The van der Waals surface area contributed by atoms with Crippen LogP contribution < -0.4 is 0 Å². The SMILES string of the molecule is COC(OC)C(=O)N1CCN(C(=O)CC2CC3CCC2C3)CC1. The van der Waals surface area contributed by atoms with Crippen molar-refractivity contribution in [2.45, 2.75) is 38.4 Å². The number of nitrogens with zero attached hydrogens (tertiary/aromatic N) is 2. The van der Waals surface area contributed by atoms with Crippen LogP contribution in [0.2, 0.25) is 0 Å². The van der Waals surface area contributed by atoms with Crippen molar-refractivity contribution >= 4 is 11.8 Å². The number of carbonyl (C=O) groups excluding carboxylic acids is 2. The summed E-state index contributed by atoms with van der Waals surface area (Å²) in [6.07, 6.45) is 5.14. The van der Waals surface area contributed by atoms with E-state index < -0.39 is 6.29 Å². The Morgan fingerprint density at radius 3 is 2.17 bits per heavy atom. The summed E-state index contributed by atoms with van der Waals surface area (Å²) in [5.41, 5.74) is 0. The van der Waals surface area contributed by atoms with E-state index in [9.17, 15) is 9.59 Å². The molecule has 2 amide bonds. The van der Waals surface area contributed by atoms with Crippen molar-refractivity contribution < 1.29 is 19.1 Å². The number of methoxy groups -OCH3 is 2. The second kappa shape index (κ2) is 7.18. The third-order valence-electron chi connectivity index (χ3n) is 5.90. The van der Waals surface area contributed by atoms with Crippen LogP contribution in [0.5, 0.6) is 0 Å². The Labute approximate surface area is 138 Å². The Morgan fingerprint density at radius 1 is 1.00 bits per heavy atom. The van der Waals surface area contributed by atoms with Crippen molar-refractivity contribution in [3.63, 3.8) is 0 Å². The molecule has 2 aliphatic carbocycles. The lowest BCUT2D eigenvalue weighted by Crippen LogP contribution is -2.53. The number of hydrogen-bond acceptors (Lipinski definition) is 4. The molecule has 2 saturated carbocycles. The lowest BCUT2D eigenvalue weighted by Gasteiger charge is -2.36. The van der Waals surface area contributed by atoms with Crippen LogP contribution in [0.1, 0.15) is 32.1 Å². The number of piperazine rings is 1. The summed E-state index contributed by atoms with van der Waals surface area (Å²) in [5, 5.41) is 0. The first-order valence-electron chi connectivity index (χ1n) is 8.74. The largest absolute Gasteiger partial charge is 0.348 e. The van der Waals surface area contributed by atoms with Crippen LogP contribution >= 0.6 is 0 Å². The molecule has 0 N–H and O–H groups in total. The molecule has 0 radical (unpaired) electrons. The average molecular weight is 324 g/mol. The molecule has 1 saturated heterocycles. The Balaban J connectivity index is 1.45. The molecular formula is C17H28N2O4. The van der Waals surface area contributed by atoms with Crippen molar-refractivity contribution in [2.24, 2.45) is 17.8 Å². The first kappa shape index (κ1) is 16.7. The van der Waals surface area contributed by atoms with Gasteiger partial charge in [-0.05, 0) is 37.0 Å².